The van der Waals surface area contributed by atoms with Crippen LogP contribution in [0.25, 0.3) is 61.8 Å². The lowest BCUT2D eigenvalue weighted by molar-refractivity contribution is 0.911. The van der Waals surface area contributed by atoms with Gasteiger partial charge in [-0.05, 0) is 46.0 Å². The molecular formula is C49H39N5. The van der Waals surface area contributed by atoms with Gasteiger partial charge in [0.25, 0.3) is 0 Å². The van der Waals surface area contributed by atoms with E-state index in [0.29, 0.717) is 0 Å². The summed E-state index contributed by atoms with van der Waals surface area (Å²) in [7, 11) is 2.16. The number of aromatic nitrogens is 2. The molecule has 0 fully saturated rings. The van der Waals surface area contributed by atoms with Crippen molar-refractivity contribution in [3.05, 3.63) is 198 Å². The maximum Gasteiger partial charge on any atom is 0.145 e. The van der Waals surface area contributed by atoms with Gasteiger partial charge < -0.3 is 10.6 Å². The smallest absolute Gasteiger partial charge is 0.145 e. The number of hydrogen-bond acceptors (Lipinski definition) is 4. The first-order valence-corrected chi connectivity index (χ1v) is 18.4. The molecule has 0 amide bonds. The monoisotopic (exact) mass is 697 g/mol. The molecule has 0 saturated carbocycles. The van der Waals surface area contributed by atoms with Gasteiger partial charge in [0.2, 0.25) is 0 Å². The first-order valence-electron chi connectivity index (χ1n) is 18.4. The Morgan fingerprint density at radius 1 is 0.704 bits per heavy atom. The topological polar surface area (TPSA) is 59.4 Å². The SMILES string of the molecule is CN1CC=Cc2c1c1ccccc1c1c2nc(-c2ccccc2)n1-c1cccc(-c2ccc(/C(=C/C(N)c3ccccc3)N=Cc3ccccc3)cc2)c1. The number of hydrogen-bond donors (Lipinski definition) is 1. The number of benzene rings is 7. The van der Waals surface area contributed by atoms with Crippen LogP contribution in [0.5, 0.6) is 0 Å². The molecule has 5 heteroatoms. The first kappa shape index (κ1) is 33.0. The summed E-state index contributed by atoms with van der Waals surface area (Å²) in [4.78, 5) is 12.7. The quantitative estimate of drug-likeness (QED) is 0.161. The molecule has 5 nitrogen and oxygen atoms in total. The van der Waals surface area contributed by atoms with E-state index in [9.17, 15) is 0 Å². The fourth-order valence-electron chi connectivity index (χ4n) is 7.53. The number of imidazole rings is 1. The van der Waals surface area contributed by atoms with Gasteiger partial charge in [-0.25, -0.2) is 4.98 Å². The predicted molar refractivity (Wildman–Crippen MR) is 227 cm³/mol. The lowest BCUT2D eigenvalue weighted by Gasteiger charge is -2.26. The minimum absolute atomic E-state index is 0.299. The third kappa shape index (κ3) is 6.21. The second kappa shape index (κ2) is 14.3. The Kier molecular flexibility index (Phi) is 8.75. The summed E-state index contributed by atoms with van der Waals surface area (Å²) >= 11 is 0. The van der Waals surface area contributed by atoms with Gasteiger partial charge in [-0.3, -0.25) is 9.56 Å². The van der Waals surface area contributed by atoms with Gasteiger partial charge in [-0.15, -0.1) is 0 Å². The number of nitrogens with zero attached hydrogens (tertiary/aromatic N) is 4. The van der Waals surface area contributed by atoms with Gasteiger partial charge in [0, 0.05) is 47.4 Å². The second-order valence-corrected chi connectivity index (χ2v) is 13.7. The Bertz CT molecular complexity index is 2690. The summed E-state index contributed by atoms with van der Waals surface area (Å²) in [6, 6.07) is 56.6. The molecular weight excluding hydrogens is 659 g/mol. The zero-order chi connectivity index (χ0) is 36.4. The van der Waals surface area contributed by atoms with Crippen LogP contribution in [0.1, 0.15) is 28.3 Å². The maximum atomic E-state index is 6.70. The minimum atomic E-state index is -0.299. The molecule has 54 heavy (non-hydrogen) atoms. The number of rotatable bonds is 8. The Hall–Kier alpha value is -6.82. The van der Waals surface area contributed by atoms with E-state index in [2.05, 4.69) is 144 Å². The Morgan fingerprint density at radius 2 is 1.37 bits per heavy atom. The third-order valence-corrected chi connectivity index (χ3v) is 10.2. The van der Waals surface area contributed by atoms with Gasteiger partial charge in [0.1, 0.15) is 5.82 Å². The van der Waals surface area contributed by atoms with Gasteiger partial charge in [-0.2, -0.15) is 0 Å². The number of aliphatic imine (C=N–C) groups is 1. The van der Waals surface area contributed by atoms with Crippen LogP contribution in [0.4, 0.5) is 5.69 Å². The van der Waals surface area contributed by atoms with Crippen LogP contribution in [-0.4, -0.2) is 29.4 Å². The molecule has 2 N–H and O–H groups in total. The number of fused-ring (bicyclic) bond motifs is 6. The van der Waals surface area contributed by atoms with Crippen LogP contribution < -0.4 is 10.6 Å². The molecule has 7 aromatic carbocycles. The van der Waals surface area contributed by atoms with Crippen molar-refractivity contribution in [3.8, 4) is 28.2 Å². The van der Waals surface area contributed by atoms with E-state index in [1.807, 2.05) is 60.8 Å². The summed E-state index contributed by atoms with van der Waals surface area (Å²) in [6.45, 7) is 0.867. The maximum absolute atomic E-state index is 6.70. The molecule has 0 aliphatic carbocycles. The van der Waals surface area contributed by atoms with Crippen LogP contribution in [0.15, 0.2) is 181 Å². The summed E-state index contributed by atoms with van der Waals surface area (Å²) in [5.41, 5.74) is 19.4. The van der Waals surface area contributed by atoms with Crippen molar-refractivity contribution in [2.24, 2.45) is 10.7 Å². The fraction of sp³-hybridized carbons (Fsp3) is 0.0612. The molecule has 1 aromatic heterocycles. The number of likely N-dealkylation sites (N-methyl/N-ethyl adjacent to an activating group) is 1. The highest BCUT2D eigenvalue weighted by atomic mass is 15.1. The van der Waals surface area contributed by atoms with Crippen molar-refractivity contribution in [2.75, 3.05) is 18.5 Å². The first-order chi connectivity index (χ1) is 26.6. The summed E-state index contributed by atoms with van der Waals surface area (Å²) in [5.74, 6) is 0.916. The van der Waals surface area contributed by atoms with Crippen molar-refractivity contribution in [1.29, 1.82) is 0 Å². The molecule has 1 atom stereocenters. The van der Waals surface area contributed by atoms with Crippen LogP contribution in [0.2, 0.25) is 0 Å². The molecule has 1 unspecified atom stereocenters. The van der Waals surface area contributed by atoms with Gasteiger partial charge in [-0.1, -0.05) is 164 Å². The largest absolute Gasteiger partial charge is 0.370 e. The van der Waals surface area contributed by atoms with Gasteiger partial charge >= 0.3 is 0 Å². The summed E-state index contributed by atoms with van der Waals surface area (Å²) in [6.07, 6.45) is 8.41. The molecule has 1 aliphatic rings. The number of nitrogens with two attached hydrogens (primary N) is 1. The van der Waals surface area contributed by atoms with E-state index in [1.165, 1.54) is 16.5 Å². The van der Waals surface area contributed by atoms with Gasteiger partial charge in [0.15, 0.2) is 0 Å². The highest BCUT2D eigenvalue weighted by Gasteiger charge is 2.25. The molecule has 0 bridgehead atoms. The van der Waals surface area contributed by atoms with Crippen molar-refractivity contribution in [1.82, 2.24) is 9.55 Å². The zero-order valence-electron chi connectivity index (χ0n) is 30.0. The highest BCUT2D eigenvalue weighted by molar-refractivity contribution is 6.17. The van der Waals surface area contributed by atoms with E-state index < -0.39 is 0 Å². The third-order valence-electron chi connectivity index (χ3n) is 10.2. The second-order valence-electron chi connectivity index (χ2n) is 13.7. The molecule has 1 aliphatic heterocycles. The molecule has 8 aromatic rings. The Labute approximate surface area is 315 Å². The summed E-state index contributed by atoms with van der Waals surface area (Å²) < 4.78 is 2.34. The van der Waals surface area contributed by atoms with E-state index in [0.717, 1.165) is 73.7 Å². The lowest BCUT2D eigenvalue weighted by Crippen LogP contribution is -2.20. The zero-order valence-corrected chi connectivity index (χ0v) is 30.0. The predicted octanol–water partition coefficient (Wildman–Crippen LogP) is 11.1. The van der Waals surface area contributed by atoms with E-state index in [-0.39, 0.29) is 6.04 Å². The number of anilines is 1. The van der Waals surface area contributed by atoms with Gasteiger partial charge in [0.05, 0.1) is 28.5 Å². The highest BCUT2D eigenvalue weighted by Crippen LogP contribution is 2.43. The van der Waals surface area contributed by atoms with Crippen molar-refractivity contribution >= 4 is 45.5 Å². The van der Waals surface area contributed by atoms with Crippen molar-refractivity contribution in [2.45, 2.75) is 6.04 Å². The standard InChI is InChI=1S/C49H39N5/c1-53-30-14-25-43-46-48(42-24-12-11-23-41(42)47(43)53)54(49(52-46)38-19-9-4-10-20-38)40-22-13-21-39(31-40)35-26-28-37(29-27-35)45(51-33-34-15-5-2-6-16-34)32-44(50)36-17-7-3-8-18-36/h2-29,31-33,44H,30,50H2,1H3/b45-32-,51-33?. The molecule has 9 rings (SSSR count). The summed E-state index contributed by atoms with van der Waals surface area (Å²) in [5, 5.41) is 2.41. The van der Waals surface area contributed by atoms with Crippen LogP contribution in [-0.2, 0) is 0 Å². The lowest BCUT2D eigenvalue weighted by atomic mass is 9.98. The average Bonchev–Trinajstić information content (AvgIpc) is 3.65. The molecule has 2 heterocycles. The molecule has 0 spiro atoms. The van der Waals surface area contributed by atoms with Crippen LogP contribution in [0.3, 0.4) is 0 Å². The van der Waals surface area contributed by atoms with Crippen molar-refractivity contribution in [3.63, 3.8) is 0 Å². The molecule has 0 saturated heterocycles. The van der Waals surface area contributed by atoms with E-state index in [1.54, 1.807) is 0 Å². The van der Waals surface area contributed by atoms with Crippen LogP contribution >= 0.6 is 0 Å². The molecule has 0 radical (unpaired) electrons. The fourth-order valence-corrected chi connectivity index (χ4v) is 7.53. The Balaban J connectivity index is 1.16. The van der Waals surface area contributed by atoms with Crippen molar-refractivity contribution < 1.29 is 0 Å². The minimum Gasteiger partial charge on any atom is -0.370 e. The van der Waals surface area contributed by atoms with E-state index in [4.69, 9.17) is 15.7 Å². The van der Waals surface area contributed by atoms with Crippen LogP contribution in [0, 0.1) is 0 Å². The Morgan fingerprint density at radius 3 is 2.13 bits per heavy atom. The normalized spacial score (nSPS) is 13.5. The van der Waals surface area contributed by atoms with E-state index >= 15 is 0 Å². The molecule has 260 valence electrons. The average molecular weight is 698 g/mol.